The molecular formula is C11H11N3O2. The molecule has 5 nitrogen and oxygen atoms in total. The maximum Gasteiger partial charge on any atom is 0.255 e. The second-order valence-corrected chi connectivity index (χ2v) is 3.48. The molecule has 1 aliphatic rings. The van der Waals surface area contributed by atoms with E-state index in [1.807, 2.05) is 6.07 Å². The van der Waals surface area contributed by atoms with Gasteiger partial charge in [0, 0.05) is 25.5 Å². The zero-order valence-corrected chi connectivity index (χ0v) is 8.72. The van der Waals surface area contributed by atoms with Crippen molar-refractivity contribution < 1.29 is 9.53 Å². The molecule has 2 rings (SSSR count). The fourth-order valence-corrected chi connectivity index (χ4v) is 1.57. The molecule has 16 heavy (non-hydrogen) atoms. The fraction of sp³-hybridized carbons (Fsp3) is 0.364. The van der Waals surface area contributed by atoms with Gasteiger partial charge in [-0.2, -0.15) is 5.26 Å². The summed E-state index contributed by atoms with van der Waals surface area (Å²) in [6.07, 6.45) is 2.93. The third kappa shape index (κ3) is 2.18. The van der Waals surface area contributed by atoms with Crippen molar-refractivity contribution in [3.8, 4) is 6.07 Å². The molecule has 5 heteroatoms. The summed E-state index contributed by atoms with van der Waals surface area (Å²) in [5, 5.41) is 8.72. The van der Waals surface area contributed by atoms with E-state index in [4.69, 9.17) is 10.00 Å². The van der Waals surface area contributed by atoms with Crippen LogP contribution >= 0.6 is 0 Å². The van der Waals surface area contributed by atoms with Gasteiger partial charge in [0.2, 0.25) is 0 Å². The van der Waals surface area contributed by atoms with Gasteiger partial charge >= 0.3 is 0 Å². The monoisotopic (exact) mass is 217 g/mol. The second-order valence-electron chi connectivity index (χ2n) is 3.48. The molecule has 0 N–H and O–H groups in total. The van der Waals surface area contributed by atoms with Crippen molar-refractivity contribution in [1.82, 2.24) is 9.88 Å². The van der Waals surface area contributed by atoms with Crippen LogP contribution < -0.4 is 0 Å². The van der Waals surface area contributed by atoms with E-state index in [1.54, 1.807) is 11.0 Å². The van der Waals surface area contributed by atoms with Crippen LogP contribution in [0.15, 0.2) is 18.5 Å². The highest BCUT2D eigenvalue weighted by molar-refractivity contribution is 5.94. The Bertz CT molecular complexity index is 433. The lowest BCUT2D eigenvalue weighted by Gasteiger charge is -2.26. The van der Waals surface area contributed by atoms with Crippen LogP contribution in [0, 0.1) is 11.3 Å². The van der Waals surface area contributed by atoms with E-state index >= 15 is 0 Å². The lowest BCUT2D eigenvalue weighted by atomic mass is 10.2. The number of hydrogen-bond acceptors (Lipinski definition) is 4. The highest BCUT2D eigenvalue weighted by Crippen LogP contribution is 2.07. The van der Waals surface area contributed by atoms with E-state index in [9.17, 15) is 4.79 Å². The van der Waals surface area contributed by atoms with Gasteiger partial charge in [0.05, 0.1) is 24.3 Å². The molecule has 0 aliphatic carbocycles. The molecule has 0 atom stereocenters. The van der Waals surface area contributed by atoms with Gasteiger partial charge < -0.3 is 9.64 Å². The smallest absolute Gasteiger partial charge is 0.255 e. The minimum Gasteiger partial charge on any atom is -0.378 e. The van der Waals surface area contributed by atoms with Crippen molar-refractivity contribution in [2.24, 2.45) is 0 Å². The molecule has 1 aromatic heterocycles. The number of aromatic nitrogens is 1. The first-order valence-electron chi connectivity index (χ1n) is 5.03. The van der Waals surface area contributed by atoms with Crippen LogP contribution in [0.1, 0.15) is 15.9 Å². The van der Waals surface area contributed by atoms with Crippen molar-refractivity contribution in [2.75, 3.05) is 26.3 Å². The number of carbonyl (C=O) groups is 1. The maximum atomic E-state index is 12.0. The van der Waals surface area contributed by atoms with E-state index < -0.39 is 0 Å². The van der Waals surface area contributed by atoms with Crippen molar-refractivity contribution >= 4 is 5.91 Å². The van der Waals surface area contributed by atoms with Gasteiger partial charge in [-0.25, -0.2) is 0 Å². The molecule has 82 valence electrons. The average Bonchev–Trinajstić information content (AvgIpc) is 2.39. The highest BCUT2D eigenvalue weighted by Gasteiger charge is 2.18. The van der Waals surface area contributed by atoms with Crippen molar-refractivity contribution in [1.29, 1.82) is 5.26 Å². The molecule has 1 aromatic rings. The Morgan fingerprint density at radius 1 is 1.44 bits per heavy atom. The van der Waals surface area contributed by atoms with Gasteiger partial charge in [-0.05, 0) is 6.07 Å². The third-order valence-corrected chi connectivity index (χ3v) is 2.41. The van der Waals surface area contributed by atoms with Gasteiger partial charge in [0.15, 0.2) is 0 Å². The van der Waals surface area contributed by atoms with Crippen LogP contribution in [0.4, 0.5) is 0 Å². The highest BCUT2D eigenvalue weighted by atomic mass is 16.5. The van der Waals surface area contributed by atoms with Gasteiger partial charge in [0.1, 0.15) is 6.07 Å². The van der Waals surface area contributed by atoms with Crippen molar-refractivity contribution in [2.45, 2.75) is 0 Å². The zero-order valence-electron chi connectivity index (χ0n) is 8.72. The first-order valence-corrected chi connectivity index (χ1v) is 5.03. The topological polar surface area (TPSA) is 66.2 Å². The van der Waals surface area contributed by atoms with E-state index in [1.165, 1.54) is 12.4 Å². The van der Waals surface area contributed by atoms with Gasteiger partial charge in [-0.1, -0.05) is 0 Å². The summed E-state index contributed by atoms with van der Waals surface area (Å²) in [6.45, 7) is 2.32. The van der Waals surface area contributed by atoms with E-state index in [-0.39, 0.29) is 5.91 Å². The lowest BCUT2D eigenvalue weighted by molar-refractivity contribution is 0.0302. The minimum atomic E-state index is -0.0899. The second kappa shape index (κ2) is 4.73. The Morgan fingerprint density at radius 3 is 2.88 bits per heavy atom. The largest absolute Gasteiger partial charge is 0.378 e. The molecule has 0 unspecified atom stereocenters. The van der Waals surface area contributed by atoms with Gasteiger partial charge in [0.25, 0.3) is 5.91 Å². The van der Waals surface area contributed by atoms with Gasteiger partial charge in [-0.3, -0.25) is 9.78 Å². The number of hydrogen-bond donors (Lipinski definition) is 0. The zero-order chi connectivity index (χ0) is 11.4. The molecule has 0 radical (unpaired) electrons. The van der Waals surface area contributed by atoms with Crippen LogP contribution in [0.25, 0.3) is 0 Å². The summed E-state index contributed by atoms with van der Waals surface area (Å²) in [5.41, 5.74) is 0.861. The lowest BCUT2D eigenvalue weighted by Crippen LogP contribution is -2.40. The average molecular weight is 217 g/mol. The van der Waals surface area contributed by atoms with Crippen LogP contribution in [0.3, 0.4) is 0 Å². The Labute approximate surface area is 93.3 Å². The predicted octanol–water partition coefficient (Wildman–Crippen LogP) is 0.426. The number of pyridine rings is 1. The maximum absolute atomic E-state index is 12.0. The van der Waals surface area contributed by atoms with Gasteiger partial charge in [-0.15, -0.1) is 0 Å². The summed E-state index contributed by atoms with van der Waals surface area (Å²) < 4.78 is 5.17. The number of amides is 1. The number of morpholine rings is 1. The molecule has 1 aliphatic heterocycles. The molecule has 0 saturated carbocycles. The minimum absolute atomic E-state index is 0.0899. The summed E-state index contributed by atoms with van der Waals surface area (Å²) in [6, 6.07) is 3.53. The normalized spacial score (nSPS) is 15.6. The number of ether oxygens (including phenoxy) is 1. The first kappa shape index (κ1) is 10.6. The third-order valence-electron chi connectivity index (χ3n) is 2.41. The Hall–Kier alpha value is -1.93. The summed E-state index contributed by atoms with van der Waals surface area (Å²) >= 11 is 0. The fourth-order valence-electron chi connectivity index (χ4n) is 1.57. The van der Waals surface area contributed by atoms with E-state index in [0.29, 0.717) is 37.4 Å². The van der Waals surface area contributed by atoms with E-state index in [0.717, 1.165) is 0 Å². The van der Waals surface area contributed by atoms with Crippen LogP contribution in [0.5, 0.6) is 0 Å². The molecule has 1 amide bonds. The molecule has 0 bridgehead atoms. The number of nitriles is 1. The van der Waals surface area contributed by atoms with Crippen molar-refractivity contribution in [3.63, 3.8) is 0 Å². The van der Waals surface area contributed by atoms with E-state index in [2.05, 4.69) is 4.98 Å². The number of nitrogens with zero attached hydrogens (tertiary/aromatic N) is 3. The predicted molar refractivity (Wildman–Crippen MR) is 55.7 cm³/mol. The summed E-state index contributed by atoms with van der Waals surface area (Å²) in [4.78, 5) is 17.6. The van der Waals surface area contributed by atoms with Crippen molar-refractivity contribution in [3.05, 3.63) is 29.6 Å². The SMILES string of the molecule is N#Cc1cncc(C(=O)N2CCOCC2)c1. The van der Waals surface area contributed by atoms with Crippen LogP contribution in [0.2, 0.25) is 0 Å². The standard InChI is InChI=1S/C11H11N3O2/c12-6-9-5-10(8-13-7-9)11(15)14-1-3-16-4-2-14/h5,7-8H,1-4H2. The summed E-state index contributed by atoms with van der Waals surface area (Å²) in [5.74, 6) is -0.0899. The Morgan fingerprint density at radius 2 is 2.19 bits per heavy atom. The molecule has 1 saturated heterocycles. The number of carbonyl (C=O) groups excluding carboxylic acids is 1. The molecule has 2 heterocycles. The number of rotatable bonds is 1. The molecule has 0 spiro atoms. The van der Waals surface area contributed by atoms with Crippen LogP contribution in [-0.2, 0) is 4.74 Å². The Kier molecular flexibility index (Phi) is 3.13. The van der Waals surface area contributed by atoms with Crippen LogP contribution in [-0.4, -0.2) is 42.1 Å². The quantitative estimate of drug-likeness (QED) is 0.684. The molecule has 1 fully saturated rings. The molecule has 0 aromatic carbocycles. The summed E-state index contributed by atoms with van der Waals surface area (Å²) in [7, 11) is 0. The molecular weight excluding hydrogens is 206 g/mol. The Balaban J connectivity index is 2.16. The first-order chi connectivity index (χ1) is 7.81.